The zero-order valence-electron chi connectivity index (χ0n) is 16.5. The monoisotopic (exact) mass is 367 g/mol. The van der Waals surface area contributed by atoms with Gasteiger partial charge in [-0.25, -0.2) is 9.97 Å². The van der Waals surface area contributed by atoms with Crippen LogP contribution in [0.15, 0.2) is 36.4 Å². The maximum atomic E-state index is 12.9. The molecular weight excluding hydrogens is 338 g/mol. The van der Waals surface area contributed by atoms with Crippen LogP contribution in [0.25, 0.3) is 0 Å². The summed E-state index contributed by atoms with van der Waals surface area (Å²) in [5, 5.41) is 3.33. The Kier molecular flexibility index (Phi) is 6.40. The topological polar surface area (TPSA) is 61.4 Å². The highest BCUT2D eigenvalue weighted by Crippen LogP contribution is 2.14. The summed E-state index contributed by atoms with van der Waals surface area (Å²) in [5.74, 6) is 1.34. The van der Waals surface area contributed by atoms with E-state index in [2.05, 4.69) is 58.3 Å². The number of nitrogens with one attached hydrogen (secondary N) is 1. The average molecular weight is 367 g/mol. The van der Waals surface area contributed by atoms with Gasteiger partial charge >= 0.3 is 0 Å². The summed E-state index contributed by atoms with van der Waals surface area (Å²) in [7, 11) is 0. The Morgan fingerprint density at radius 2 is 1.85 bits per heavy atom. The van der Waals surface area contributed by atoms with E-state index >= 15 is 0 Å². The fraction of sp³-hybridized carbons (Fsp3) is 0.476. The van der Waals surface area contributed by atoms with Gasteiger partial charge in [0.15, 0.2) is 0 Å². The van der Waals surface area contributed by atoms with Crippen molar-refractivity contribution >= 4 is 11.7 Å². The molecule has 6 heteroatoms. The lowest BCUT2D eigenvalue weighted by molar-refractivity contribution is 0.0622. The smallest absolute Gasteiger partial charge is 0.272 e. The molecule has 6 nitrogen and oxygen atoms in total. The van der Waals surface area contributed by atoms with Crippen LogP contribution in [0.1, 0.15) is 42.1 Å². The fourth-order valence-corrected chi connectivity index (χ4v) is 3.22. The van der Waals surface area contributed by atoms with E-state index in [0.29, 0.717) is 17.6 Å². The van der Waals surface area contributed by atoms with Gasteiger partial charge in [-0.15, -0.1) is 0 Å². The molecule has 144 valence electrons. The number of benzene rings is 1. The largest absolute Gasteiger partial charge is 0.368 e. The first kappa shape index (κ1) is 19.3. The highest BCUT2D eigenvalue weighted by molar-refractivity contribution is 5.93. The van der Waals surface area contributed by atoms with Gasteiger partial charge in [-0.2, -0.15) is 0 Å². The van der Waals surface area contributed by atoms with Gasteiger partial charge in [0.05, 0.1) is 0 Å². The van der Waals surface area contributed by atoms with Crippen LogP contribution in [0.2, 0.25) is 0 Å². The van der Waals surface area contributed by atoms with Crippen LogP contribution >= 0.6 is 0 Å². The van der Waals surface area contributed by atoms with E-state index in [-0.39, 0.29) is 5.91 Å². The van der Waals surface area contributed by atoms with Crippen LogP contribution < -0.4 is 5.32 Å². The fourth-order valence-electron chi connectivity index (χ4n) is 3.22. The van der Waals surface area contributed by atoms with E-state index in [9.17, 15) is 4.79 Å². The molecule has 1 aromatic carbocycles. The Hall–Kier alpha value is -2.47. The van der Waals surface area contributed by atoms with E-state index in [4.69, 9.17) is 0 Å². The molecule has 27 heavy (non-hydrogen) atoms. The summed E-state index contributed by atoms with van der Waals surface area (Å²) >= 11 is 0. The van der Waals surface area contributed by atoms with Crippen molar-refractivity contribution in [3.63, 3.8) is 0 Å². The van der Waals surface area contributed by atoms with Gasteiger partial charge < -0.3 is 10.2 Å². The first-order valence-corrected chi connectivity index (χ1v) is 9.73. The lowest BCUT2D eigenvalue weighted by Gasteiger charge is -2.34. The molecule has 1 aromatic heterocycles. The Morgan fingerprint density at radius 3 is 2.52 bits per heavy atom. The normalized spacial score (nSPS) is 16.2. The second-order valence-corrected chi connectivity index (χ2v) is 7.19. The molecule has 1 N–H and O–H groups in total. The van der Waals surface area contributed by atoms with Gasteiger partial charge in [0.1, 0.15) is 17.3 Å². The highest BCUT2D eigenvalue weighted by atomic mass is 16.2. The van der Waals surface area contributed by atoms with Crippen LogP contribution in [0.3, 0.4) is 0 Å². The summed E-state index contributed by atoms with van der Waals surface area (Å²) in [5.41, 5.74) is 1.79. The molecule has 1 amide bonds. The number of anilines is 1. The summed E-state index contributed by atoms with van der Waals surface area (Å²) in [4.78, 5) is 26.0. The summed E-state index contributed by atoms with van der Waals surface area (Å²) in [6.45, 7) is 10.2. The van der Waals surface area contributed by atoms with E-state index in [0.717, 1.165) is 45.0 Å². The molecule has 2 aromatic rings. The minimum Gasteiger partial charge on any atom is -0.368 e. The van der Waals surface area contributed by atoms with Crippen molar-refractivity contribution in [2.75, 3.05) is 31.5 Å². The first-order valence-electron chi connectivity index (χ1n) is 9.73. The molecule has 1 aliphatic rings. The molecule has 3 rings (SSSR count). The number of carbonyl (C=O) groups excluding carboxylic acids is 1. The first-order chi connectivity index (χ1) is 13.0. The molecule has 0 saturated carbocycles. The zero-order valence-corrected chi connectivity index (χ0v) is 16.5. The number of hydrogen-bond acceptors (Lipinski definition) is 5. The molecule has 0 spiro atoms. The van der Waals surface area contributed by atoms with Crippen LogP contribution in [0.4, 0.5) is 5.82 Å². The minimum atomic E-state index is -0.00735. The van der Waals surface area contributed by atoms with Crippen LogP contribution in [0.5, 0.6) is 0 Å². The third kappa shape index (κ3) is 5.26. The van der Waals surface area contributed by atoms with Crippen molar-refractivity contribution in [3.05, 3.63) is 53.5 Å². The standard InChI is InChI=1S/C21H29N5O/c1-4-16(2)22-20-14-19(23-17(3)24-20)21(27)26-12-10-25(11-13-26)15-18-8-6-5-7-9-18/h5-9,14,16H,4,10-13,15H2,1-3H3,(H,22,23,24). The van der Waals surface area contributed by atoms with Crippen molar-refractivity contribution < 1.29 is 4.79 Å². The summed E-state index contributed by atoms with van der Waals surface area (Å²) < 4.78 is 0. The second-order valence-electron chi connectivity index (χ2n) is 7.19. The number of piperazine rings is 1. The number of amides is 1. The third-order valence-electron chi connectivity index (χ3n) is 4.97. The van der Waals surface area contributed by atoms with E-state index < -0.39 is 0 Å². The van der Waals surface area contributed by atoms with Gasteiger partial charge in [-0.1, -0.05) is 37.3 Å². The van der Waals surface area contributed by atoms with Gasteiger partial charge in [0.2, 0.25) is 0 Å². The lowest BCUT2D eigenvalue weighted by atomic mass is 10.2. The zero-order chi connectivity index (χ0) is 19.2. The van der Waals surface area contributed by atoms with Crippen LogP contribution in [0, 0.1) is 6.92 Å². The predicted octanol–water partition coefficient (Wildman–Crippen LogP) is 2.95. The number of aromatic nitrogens is 2. The Morgan fingerprint density at radius 1 is 1.15 bits per heavy atom. The molecule has 1 atom stereocenters. The van der Waals surface area contributed by atoms with E-state index in [1.54, 1.807) is 6.07 Å². The third-order valence-corrected chi connectivity index (χ3v) is 4.97. The maximum absolute atomic E-state index is 12.9. The van der Waals surface area contributed by atoms with Crippen molar-refractivity contribution in [2.45, 2.75) is 39.8 Å². The minimum absolute atomic E-state index is 0.00735. The molecular formula is C21H29N5O. The molecule has 1 saturated heterocycles. The number of aryl methyl sites for hydroxylation is 1. The van der Waals surface area contributed by atoms with Crippen molar-refractivity contribution in [3.8, 4) is 0 Å². The molecule has 2 heterocycles. The number of carbonyl (C=O) groups is 1. The number of rotatable bonds is 6. The van der Waals surface area contributed by atoms with E-state index in [1.165, 1.54) is 5.56 Å². The Labute approximate surface area is 161 Å². The number of hydrogen-bond donors (Lipinski definition) is 1. The van der Waals surface area contributed by atoms with Gasteiger partial charge in [-0.05, 0) is 25.8 Å². The highest BCUT2D eigenvalue weighted by Gasteiger charge is 2.23. The van der Waals surface area contributed by atoms with Crippen molar-refractivity contribution in [1.82, 2.24) is 19.8 Å². The molecule has 0 bridgehead atoms. The molecule has 0 radical (unpaired) electrons. The van der Waals surface area contributed by atoms with Gasteiger partial charge in [0.25, 0.3) is 5.91 Å². The van der Waals surface area contributed by atoms with Gasteiger partial charge in [0, 0.05) is 44.8 Å². The Balaban J connectivity index is 1.60. The van der Waals surface area contributed by atoms with Crippen molar-refractivity contribution in [1.29, 1.82) is 0 Å². The van der Waals surface area contributed by atoms with Crippen LogP contribution in [-0.4, -0.2) is 57.9 Å². The summed E-state index contributed by atoms with van der Waals surface area (Å²) in [6.07, 6.45) is 0.996. The predicted molar refractivity (Wildman–Crippen MR) is 108 cm³/mol. The maximum Gasteiger partial charge on any atom is 0.272 e. The molecule has 1 fully saturated rings. The molecule has 1 aliphatic heterocycles. The second kappa shape index (κ2) is 8.95. The summed E-state index contributed by atoms with van der Waals surface area (Å²) in [6, 6.07) is 12.5. The quantitative estimate of drug-likeness (QED) is 0.851. The van der Waals surface area contributed by atoms with Crippen molar-refractivity contribution in [2.24, 2.45) is 0 Å². The van der Waals surface area contributed by atoms with Gasteiger partial charge in [-0.3, -0.25) is 9.69 Å². The molecule has 0 aliphatic carbocycles. The Bertz CT molecular complexity index is 756. The lowest BCUT2D eigenvalue weighted by Crippen LogP contribution is -2.48. The van der Waals surface area contributed by atoms with Crippen LogP contribution in [-0.2, 0) is 6.54 Å². The molecule has 1 unspecified atom stereocenters. The van der Waals surface area contributed by atoms with E-state index in [1.807, 2.05) is 17.9 Å². The SMILES string of the molecule is CCC(C)Nc1cc(C(=O)N2CCN(Cc3ccccc3)CC2)nc(C)n1. The number of nitrogens with zero attached hydrogens (tertiary/aromatic N) is 4. The average Bonchev–Trinajstić information content (AvgIpc) is 2.68.